The minimum atomic E-state index is -0.742. The summed E-state index contributed by atoms with van der Waals surface area (Å²) in [6.07, 6.45) is 4.12. The summed E-state index contributed by atoms with van der Waals surface area (Å²) in [5, 5.41) is 5.98. The number of carbonyl (C=O) groups excluding carboxylic acids is 2. The molecule has 0 unspecified atom stereocenters. The number of hydrogen-bond donors (Lipinski definition) is 2. The van der Waals surface area contributed by atoms with E-state index in [4.69, 9.17) is 9.47 Å². The SMILES string of the molecule is C[C@@H]1CCCC[C@H]1NC(=O)[C@H](Cc1ccc(OCc2ccccc2)cc1)NC(=O)OCc1ccccc1. The third-order valence-electron chi connectivity index (χ3n) is 6.87. The third kappa shape index (κ3) is 8.38. The van der Waals surface area contributed by atoms with Crippen LogP contribution in [0.15, 0.2) is 84.9 Å². The van der Waals surface area contributed by atoms with Crippen LogP contribution in [0, 0.1) is 5.92 Å². The van der Waals surface area contributed by atoms with Gasteiger partial charge in [-0.25, -0.2) is 4.79 Å². The first-order chi connectivity index (χ1) is 18.1. The van der Waals surface area contributed by atoms with E-state index in [1.54, 1.807) is 0 Å². The summed E-state index contributed by atoms with van der Waals surface area (Å²) in [5.41, 5.74) is 2.91. The lowest BCUT2D eigenvalue weighted by Crippen LogP contribution is -2.52. The van der Waals surface area contributed by atoms with Crippen molar-refractivity contribution in [3.8, 4) is 5.75 Å². The molecule has 194 valence electrons. The largest absolute Gasteiger partial charge is 0.489 e. The van der Waals surface area contributed by atoms with Gasteiger partial charge in [0.25, 0.3) is 0 Å². The van der Waals surface area contributed by atoms with E-state index in [-0.39, 0.29) is 18.6 Å². The topological polar surface area (TPSA) is 76.7 Å². The summed E-state index contributed by atoms with van der Waals surface area (Å²) in [7, 11) is 0. The van der Waals surface area contributed by atoms with Gasteiger partial charge in [0.1, 0.15) is 25.0 Å². The van der Waals surface area contributed by atoms with Gasteiger partial charge in [0, 0.05) is 12.5 Å². The highest BCUT2D eigenvalue weighted by molar-refractivity contribution is 5.86. The first-order valence-corrected chi connectivity index (χ1v) is 13.1. The monoisotopic (exact) mass is 500 g/mol. The van der Waals surface area contributed by atoms with Crippen LogP contribution < -0.4 is 15.4 Å². The molecule has 1 aliphatic carbocycles. The Morgan fingerprint density at radius 1 is 0.811 bits per heavy atom. The van der Waals surface area contributed by atoms with Crippen LogP contribution in [0.2, 0.25) is 0 Å². The first-order valence-electron chi connectivity index (χ1n) is 13.1. The quantitative estimate of drug-likeness (QED) is 0.369. The van der Waals surface area contributed by atoms with Gasteiger partial charge >= 0.3 is 6.09 Å². The number of ether oxygens (including phenoxy) is 2. The smallest absolute Gasteiger partial charge is 0.408 e. The van der Waals surface area contributed by atoms with E-state index in [9.17, 15) is 9.59 Å². The van der Waals surface area contributed by atoms with Crippen LogP contribution in [0.1, 0.15) is 49.3 Å². The summed E-state index contributed by atoms with van der Waals surface area (Å²) < 4.78 is 11.3. The van der Waals surface area contributed by atoms with Crippen LogP contribution >= 0.6 is 0 Å². The highest BCUT2D eigenvalue weighted by Gasteiger charge is 2.28. The number of alkyl carbamates (subject to hydrolysis) is 1. The molecule has 0 aliphatic heterocycles. The molecule has 0 bridgehead atoms. The molecule has 2 N–H and O–H groups in total. The molecule has 2 amide bonds. The Bertz CT molecular complexity index is 1120. The zero-order valence-electron chi connectivity index (χ0n) is 21.4. The van der Waals surface area contributed by atoms with Crippen molar-refractivity contribution in [1.29, 1.82) is 0 Å². The Morgan fingerprint density at radius 2 is 1.43 bits per heavy atom. The van der Waals surface area contributed by atoms with Crippen molar-refractivity contribution in [2.75, 3.05) is 0 Å². The van der Waals surface area contributed by atoms with Gasteiger partial charge in [-0.2, -0.15) is 0 Å². The zero-order valence-corrected chi connectivity index (χ0v) is 21.4. The molecule has 3 aromatic rings. The summed E-state index contributed by atoms with van der Waals surface area (Å²) in [5.74, 6) is 0.990. The van der Waals surface area contributed by atoms with Gasteiger partial charge in [0.15, 0.2) is 0 Å². The normalized spacial score (nSPS) is 17.9. The van der Waals surface area contributed by atoms with E-state index in [2.05, 4.69) is 17.6 Å². The summed E-state index contributed by atoms with van der Waals surface area (Å²) >= 11 is 0. The summed E-state index contributed by atoms with van der Waals surface area (Å²) in [6, 6.07) is 26.5. The Morgan fingerprint density at radius 3 is 2.08 bits per heavy atom. The van der Waals surface area contributed by atoms with Crippen LogP contribution in [0.3, 0.4) is 0 Å². The number of amides is 2. The van der Waals surface area contributed by atoms with E-state index in [0.29, 0.717) is 18.9 Å². The molecule has 6 nitrogen and oxygen atoms in total. The fraction of sp³-hybridized carbons (Fsp3) is 0.355. The van der Waals surface area contributed by atoms with Gasteiger partial charge < -0.3 is 20.1 Å². The predicted molar refractivity (Wildman–Crippen MR) is 144 cm³/mol. The van der Waals surface area contributed by atoms with E-state index < -0.39 is 12.1 Å². The maximum atomic E-state index is 13.3. The van der Waals surface area contributed by atoms with Gasteiger partial charge in [-0.15, -0.1) is 0 Å². The van der Waals surface area contributed by atoms with Crippen molar-refractivity contribution in [1.82, 2.24) is 10.6 Å². The third-order valence-corrected chi connectivity index (χ3v) is 6.87. The number of hydrogen-bond acceptors (Lipinski definition) is 4. The summed E-state index contributed by atoms with van der Waals surface area (Å²) in [4.78, 5) is 25.9. The van der Waals surface area contributed by atoms with Crippen LogP contribution in [-0.2, 0) is 29.2 Å². The second-order valence-electron chi connectivity index (χ2n) is 9.76. The molecule has 0 heterocycles. The van der Waals surface area contributed by atoms with Crippen LogP contribution in [0.25, 0.3) is 0 Å². The fourth-order valence-electron chi connectivity index (χ4n) is 4.63. The molecule has 1 fully saturated rings. The van der Waals surface area contributed by atoms with Crippen LogP contribution in [0.4, 0.5) is 4.79 Å². The summed E-state index contributed by atoms with van der Waals surface area (Å²) in [6.45, 7) is 2.81. The highest BCUT2D eigenvalue weighted by atomic mass is 16.5. The lowest BCUT2D eigenvalue weighted by molar-refractivity contribution is -0.124. The molecule has 37 heavy (non-hydrogen) atoms. The molecule has 0 saturated heterocycles. The highest BCUT2D eigenvalue weighted by Crippen LogP contribution is 2.24. The van der Waals surface area contributed by atoms with E-state index in [1.807, 2.05) is 84.9 Å². The number of rotatable bonds is 10. The van der Waals surface area contributed by atoms with Crippen molar-refractivity contribution in [3.05, 3.63) is 102 Å². The molecule has 0 spiro atoms. The number of nitrogens with one attached hydrogen (secondary N) is 2. The Hall–Kier alpha value is -3.80. The minimum absolute atomic E-state index is 0.125. The van der Waals surface area contributed by atoms with Crippen molar-refractivity contribution >= 4 is 12.0 Å². The standard InChI is InChI=1S/C31H36N2O4/c1-23-10-8-9-15-28(23)32-30(34)29(33-31(35)37-22-26-13-6-3-7-14-26)20-24-16-18-27(19-17-24)36-21-25-11-4-2-5-12-25/h2-7,11-14,16-19,23,28-29H,8-10,15,20-22H2,1H3,(H,32,34)(H,33,35)/t23-,28-,29+/m1/s1. The van der Waals surface area contributed by atoms with Gasteiger partial charge in [-0.05, 0) is 47.6 Å². The van der Waals surface area contributed by atoms with Gasteiger partial charge in [-0.1, -0.05) is 92.6 Å². The average molecular weight is 501 g/mol. The lowest BCUT2D eigenvalue weighted by atomic mass is 9.85. The van der Waals surface area contributed by atoms with Gasteiger partial charge in [0.05, 0.1) is 0 Å². The van der Waals surface area contributed by atoms with Crippen molar-refractivity contribution in [2.24, 2.45) is 5.92 Å². The fourth-order valence-corrected chi connectivity index (χ4v) is 4.63. The maximum Gasteiger partial charge on any atom is 0.408 e. The Labute approximate surface area is 219 Å². The van der Waals surface area contributed by atoms with E-state index >= 15 is 0 Å². The Balaban J connectivity index is 1.37. The molecule has 0 radical (unpaired) electrons. The molecule has 1 saturated carbocycles. The molecule has 3 atom stereocenters. The molecule has 4 rings (SSSR count). The van der Waals surface area contributed by atoms with Gasteiger partial charge in [0.2, 0.25) is 5.91 Å². The molecule has 3 aromatic carbocycles. The second-order valence-corrected chi connectivity index (χ2v) is 9.76. The number of benzene rings is 3. The molecule has 1 aliphatic rings. The van der Waals surface area contributed by atoms with Crippen LogP contribution in [-0.4, -0.2) is 24.1 Å². The maximum absolute atomic E-state index is 13.3. The second kappa shape index (κ2) is 13.5. The first kappa shape index (κ1) is 26.3. The zero-order chi connectivity index (χ0) is 25.9. The number of carbonyl (C=O) groups is 2. The average Bonchev–Trinajstić information content (AvgIpc) is 2.93. The van der Waals surface area contributed by atoms with Gasteiger partial charge in [-0.3, -0.25) is 4.79 Å². The van der Waals surface area contributed by atoms with E-state index in [1.165, 1.54) is 6.42 Å². The Kier molecular flexibility index (Phi) is 9.58. The van der Waals surface area contributed by atoms with Crippen molar-refractivity contribution in [2.45, 2.75) is 64.3 Å². The lowest BCUT2D eigenvalue weighted by Gasteiger charge is -2.31. The van der Waals surface area contributed by atoms with E-state index in [0.717, 1.165) is 41.7 Å². The molecular formula is C31H36N2O4. The molecule has 0 aromatic heterocycles. The van der Waals surface area contributed by atoms with Crippen LogP contribution in [0.5, 0.6) is 5.75 Å². The molecule has 6 heteroatoms. The molecular weight excluding hydrogens is 464 g/mol. The van der Waals surface area contributed by atoms with Crippen molar-refractivity contribution in [3.63, 3.8) is 0 Å². The minimum Gasteiger partial charge on any atom is -0.489 e. The van der Waals surface area contributed by atoms with Crippen molar-refractivity contribution < 1.29 is 19.1 Å². The predicted octanol–water partition coefficient (Wildman–Crippen LogP) is 5.80.